The van der Waals surface area contributed by atoms with Gasteiger partial charge in [-0.25, -0.2) is 4.79 Å². The van der Waals surface area contributed by atoms with Crippen molar-refractivity contribution in [1.29, 1.82) is 0 Å². The summed E-state index contributed by atoms with van der Waals surface area (Å²) in [5.74, 6) is 1.50. The zero-order valence-corrected chi connectivity index (χ0v) is 14.2. The number of hydrogen-bond acceptors (Lipinski definition) is 3. The van der Waals surface area contributed by atoms with E-state index in [1.165, 1.54) is 11.1 Å². The van der Waals surface area contributed by atoms with Crippen LogP contribution in [0.5, 0.6) is 11.5 Å². The van der Waals surface area contributed by atoms with E-state index in [9.17, 15) is 4.79 Å². The Morgan fingerprint density at radius 3 is 2.80 bits per heavy atom. The fraction of sp³-hybridized carbons (Fsp3) is 0.350. The molecule has 1 aliphatic carbocycles. The Kier molecular flexibility index (Phi) is 4.22. The van der Waals surface area contributed by atoms with Crippen LogP contribution in [0.2, 0.25) is 0 Å². The molecular weight excluding hydrogens is 316 g/mol. The predicted molar refractivity (Wildman–Crippen MR) is 95.0 cm³/mol. The molecule has 1 heterocycles. The van der Waals surface area contributed by atoms with Gasteiger partial charge in [0.25, 0.3) is 0 Å². The van der Waals surface area contributed by atoms with Gasteiger partial charge in [0.2, 0.25) is 0 Å². The van der Waals surface area contributed by atoms with Crippen LogP contribution >= 0.6 is 0 Å². The van der Waals surface area contributed by atoms with Gasteiger partial charge in [0.05, 0.1) is 12.1 Å². The lowest BCUT2D eigenvalue weighted by Crippen LogP contribution is -2.38. The second-order valence-corrected chi connectivity index (χ2v) is 6.53. The molecule has 2 aromatic rings. The Morgan fingerprint density at radius 1 is 1.12 bits per heavy atom. The van der Waals surface area contributed by atoms with Crippen LogP contribution in [0.4, 0.5) is 4.79 Å². The fourth-order valence-corrected chi connectivity index (χ4v) is 3.52. The minimum atomic E-state index is -0.149. The summed E-state index contributed by atoms with van der Waals surface area (Å²) in [7, 11) is 0. The molecule has 2 atom stereocenters. The van der Waals surface area contributed by atoms with E-state index in [1.54, 1.807) is 0 Å². The number of benzene rings is 2. The third-order valence-corrected chi connectivity index (χ3v) is 4.85. The first kappa shape index (κ1) is 15.8. The Balaban J connectivity index is 1.39. The number of carbonyl (C=O) groups is 1. The van der Waals surface area contributed by atoms with Crippen molar-refractivity contribution in [2.75, 3.05) is 13.2 Å². The first-order chi connectivity index (χ1) is 12.2. The maximum Gasteiger partial charge on any atom is 0.315 e. The summed E-state index contributed by atoms with van der Waals surface area (Å²) in [5, 5.41) is 6.11. The van der Waals surface area contributed by atoms with Crippen molar-refractivity contribution < 1.29 is 14.3 Å². The number of urea groups is 1. The van der Waals surface area contributed by atoms with Crippen LogP contribution in [0.25, 0.3) is 0 Å². The van der Waals surface area contributed by atoms with Gasteiger partial charge in [0.15, 0.2) is 11.5 Å². The molecule has 0 bridgehead atoms. The number of amides is 2. The summed E-state index contributed by atoms with van der Waals surface area (Å²) in [6.07, 6.45) is 1.96. The summed E-state index contributed by atoms with van der Waals surface area (Å²) in [6, 6.07) is 13.9. The van der Waals surface area contributed by atoms with Gasteiger partial charge in [0, 0.05) is 0 Å². The number of carbonyl (C=O) groups excluding carboxylic acids is 1. The second kappa shape index (κ2) is 6.67. The standard InChI is InChI=1S/C20H22N2O3/c1-13(15-7-9-18-19(12-15)25-11-10-24-18)21-20(23)22-17-8-6-14-4-2-3-5-16(14)17/h2-5,7,9,12-13,17H,6,8,10-11H2,1H3,(H2,21,22,23). The van der Waals surface area contributed by atoms with Gasteiger partial charge in [-0.3, -0.25) is 0 Å². The molecule has 0 radical (unpaired) electrons. The highest BCUT2D eigenvalue weighted by molar-refractivity contribution is 5.75. The second-order valence-electron chi connectivity index (χ2n) is 6.53. The fourth-order valence-electron chi connectivity index (χ4n) is 3.52. The summed E-state index contributed by atoms with van der Waals surface area (Å²) in [6.45, 7) is 3.10. The molecule has 5 nitrogen and oxygen atoms in total. The van der Waals surface area contributed by atoms with Crippen molar-refractivity contribution in [3.63, 3.8) is 0 Å². The van der Waals surface area contributed by atoms with Crippen LogP contribution in [-0.4, -0.2) is 19.2 Å². The Hall–Kier alpha value is -2.69. The van der Waals surface area contributed by atoms with Gasteiger partial charge >= 0.3 is 6.03 Å². The maximum atomic E-state index is 12.4. The molecule has 0 saturated heterocycles. The van der Waals surface area contributed by atoms with E-state index in [1.807, 2.05) is 37.3 Å². The predicted octanol–water partition coefficient (Wildman–Crippen LogP) is 3.51. The quantitative estimate of drug-likeness (QED) is 0.900. The van der Waals surface area contributed by atoms with Crippen LogP contribution in [0.15, 0.2) is 42.5 Å². The van der Waals surface area contributed by atoms with E-state index in [2.05, 4.69) is 22.8 Å². The number of aryl methyl sites for hydroxylation is 1. The van der Waals surface area contributed by atoms with E-state index in [4.69, 9.17) is 9.47 Å². The van der Waals surface area contributed by atoms with Crippen molar-refractivity contribution >= 4 is 6.03 Å². The van der Waals surface area contributed by atoms with E-state index in [-0.39, 0.29) is 18.1 Å². The van der Waals surface area contributed by atoms with Crippen molar-refractivity contribution in [1.82, 2.24) is 10.6 Å². The molecule has 130 valence electrons. The Bertz CT molecular complexity index is 790. The average Bonchev–Trinajstić information content (AvgIpc) is 3.04. The molecule has 2 unspecified atom stereocenters. The number of fused-ring (bicyclic) bond motifs is 2. The highest BCUT2D eigenvalue weighted by Crippen LogP contribution is 2.33. The minimum absolute atomic E-state index is 0.0867. The highest BCUT2D eigenvalue weighted by atomic mass is 16.6. The molecule has 0 fully saturated rings. The first-order valence-electron chi connectivity index (χ1n) is 8.75. The molecule has 25 heavy (non-hydrogen) atoms. The molecule has 0 saturated carbocycles. The molecule has 0 spiro atoms. The summed E-state index contributed by atoms with van der Waals surface area (Å²) < 4.78 is 11.1. The van der Waals surface area contributed by atoms with Gasteiger partial charge < -0.3 is 20.1 Å². The SMILES string of the molecule is CC(NC(=O)NC1CCc2ccccc21)c1ccc2c(c1)OCCO2. The summed E-state index contributed by atoms with van der Waals surface area (Å²) in [5.41, 5.74) is 3.54. The van der Waals surface area contributed by atoms with E-state index < -0.39 is 0 Å². The molecule has 2 amide bonds. The summed E-state index contributed by atoms with van der Waals surface area (Å²) >= 11 is 0. The van der Waals surface area contributed by atoms with E-state index >= 15 is 0 Å². The van der Waals surface area contributed by atoms with Gasteiger partial charge in [-0.2, -0.15) is 0 Å². The largest absolute Gasteiger partial charge is 0.486 e. The number of rotatable bonds is 3. The zero-order chi connectivity index (χ0) is 17.2. The lowest BCUT2D eigenvalue weighted by atomic mass is 10.1. The van der Waals surface area contributed by atoms with E-state index in [0.717, 1.165) is 29.9 Å². The lowest BCUT2D eigenvalue weighted by molar-refractivity contribution is 0.171. The number of ether oxygens (including phenoxy) is 2. The monoisotopic (exact) mass is 338 g/mol. The van der Waals surface area contributed by atoms with Gasteiger partial charge in [0.1, 0.15) is 13.2 Å². The molecule has 0 aromatic heterocycles. The topological polar surface area (TPSA) is 59.6 Å². The Morgan fingerprint density at radius 2 is 1.92 bits per heavy atom. The van der Waals surface area contributed by atoms with Gasteiger partial charge in [-0.05, 0) is 48.6 Å². The zero-order valence-electron chi connectivity index (χ0n) is 14.2. The van der Waals surface area contributed by atoms with Crippen molar-refractivity contribution in [2.45, 2.75) is 31.8 Å². The molecule has 2 aliphatic rings. The van der Waals surface area contributed by atoms with Crippen LogP contribution in [0, 0.1) is 0 Å². The molecular formula is C20H22N2O3. The minimum Gasteiger partial charge on any atom is -0.486 e. The average molecular weight is 338 g/mol. The summed E-state index contributed by atoms with van der Waals surface area (Å²) in [4.78, 5) is 12.4. The van der Waals surface area contributed by atoms with E-state index in [0.29, 0.717) is 13.2 Å². The third-order valence-electron chi connectivity index (χ3n) is 4.85. The molecule has 5 heteroatoms. The van der Waals surface area contributed by atoms with Crippen molar-refractivity contribution in [3.05, 3.63) is 59.2 Å². The third kappa shape index (κ3) is 3.27. The van der Waals surface area contributed by atoms with Crippen LogP contribution in [0.3, 0.4) is 0 Å². The molecule has 4 rings (SSSR count). The lowest BCUT2D eigenvalue weighted by Gasteiger charge is -2.22. The van der Waals surface area contributed by atoms with Crippen LogP contribution < -0.4 is 20.1 Å². The number of nitrogens with one attached hydrogen (secondary N) is 2. The Labute approximate surface area is 147 Å². The van der Waals surface area contributed by atoms with Crippen molar-refractivity contribution in [2.24, 2.45) is 0 Å². The smallest absolute Gasteiger partial charge is 0.315 e. The van der Waals surface area contributed by atoms with Gasteiger partial charge in [-0.1, -0.05) is 30.3 Å². The molecule has 1 aliphatic heterocycles. The van der Waals surface area contributed by atoms with Crippen LogP contribution in [-0.2, 0) is 6.42 Å². The normalized spacial score (nSPS) is 19.0. The number of hydrogen-bond donors (Lipinski definition) is 2. The highest BCUT2D eigenvalue weighted by Gasteiger charge is 2.24. The molecule has 2 N–H and O–H groups in total. The first-order valence-corrected chi connectivity index (χ1v) is 8.75. The van der Waals surface area contributed by atoms with Crippen molar-refractivity contribution in [3.8, 4) is 11.5 Å². The van der Waals surface area contributed by atoms with Gasteiger partial charge in [-0.15, -0.1) is 0 Å². The molecule has 2 aromatic carbocycles. The maximum absolute atomic E-state index is 12.4. The van der Waals surface area contributed by atoms with Crippen LogP contribution in [0.1, 0.15) is 42.1 Å².